The van der Waals surface area contributed by atoms with Gasteiger partial charge < -0.3 is 20.5 Å². The molecule has 2 amide bonds. The van der Waals surface area contributed by atoms with Crippen molar-refractivity contribution < 1.29 is 24.2 Å². The number of carboxylic acids is 1. The van der Waals surface area contributed by atoms with Gasteiger partial charge in [-0.15, -0.1) is 0 Å². The second-order valence-electron chi connectivity index (χ2n) is 7.92. The molecule has 0 fully saturated rings. The fourth-order valence-electron chi connectivity index (χ4n) is 4.08. The number of amides is 2. The number of anilines is 1. The predicted octanol–water partition coefficient (Wildman–Crippen LogP) is 4.64. The van der Waals surface area contributed by atoms with Crippen LogP contribution in [0.5, 0.6) is 0 Å². The molecule has 3 N–H and O–H groups in total. The van der Waals surface area contributed by atoms with E-state index in [1.54, 1.807) is 12.1 Å². The number of halogens is 1. The first kappa shape index (κ1) is 24.0. The Balaban J connectivity index is 1.43. The summed E-state index contributed by atoms with van der Waals surface area (Å²) in [5, 5.41) is 23.3. The van der Waals surface area contributed by atoms with Gasteiger partial charge in [0, 0.05) is 16.1 Å². The zero-order chi connectivity index (χ0) is 24.9. The summed E-state index contributed by atoms with van der Waals surface area (Å²) in [7, 11) is 0. The van der Waals surface area contributed by atoms with Gasteiger partial charge in [0.05, 0.1) is 12.0 Å². The zero-order valence-corrected chi connectivity index (χ0v) is 19.9. The highest BCUT2D eigenvalue weighted by Crippen LogP contribution is 2.44. The van der Waals surface area contributed by atoms with Crippen molar-refractivity contribution in [3.8, 4) is 17.2 Å². The van der Waals surface area contributed by atoms with Crippen molar-refractivity contribution in [1.29, 1.82) is 5.26 Å². The predicted molar refractivity (Wildman–Crippen MR) is 132 cm³/mol. The van der Waals surface area contributed by atoms with E-state index in [1.807, 2.05) is 54.6 Å². The Bertz CT molecular complexity index is 1310. The first-order chi connectivity index (χ1) is 16.9. The molecule has 0 aliphatic heterocycles. The van der Waals surface area contributed by atoms with Crippen LogP contribution in [-0.4, -0.2) is 35.7 Å². The SMILES string of the molecule is N#Cc1cc(NC(=O)C(CC(=O)O)NC(=O)OCC2c3ccccc3-c3ccccc32)ccc1Br. The van der Waals surface area contributed by atoms with Crippen LogP contribution in [0.15, 0.2) is 71.2 Å². The number of benzene rings is 3. The van der Waals surface area contributed by atoms with Crippen LogP contribution in [0, 0.1) is 11.3 Å². The largest absolute Gasteiger partial charge is 0.481 e. The quantitative estimate of drug-likeness (QED) is 0.405. The van der Waals surface area contributed by atoms with Crippen LogP contribution in [0.3, 0.4) is 0 Å². The summed E-state index contributed by atoms with van der Waals surface area (Å²) in [5.41, 5.74) is 4.80. The minimum atomic E-state index is -1.38. The van der Waals surface area contributed by atoms with Crippen LogP contribution < -0.4 is 10.6 Å². The molecule has 1 unspecified atom stereocenters. The standard InChI is InChI=1S/C26H20BrN3O5/c27-22-10-9-16(11-15(22)13-28)29-25(33)23(12-24(31)32)30-26(34)35-14-21-19-7-3-1-5-17(19)18-6-2-4-8-20(18)21/h1-11,21,23H,12,14H2,(H,29,33)(H,30,34)(H,31,32). The monoisotopic (exact) mass is 533 g/mol. The van der Waals surface area contributed by atoms with Crippen molar-refractivity contribution in [3.63, 3.8) is 0 Å². The summed E-state index contributed by atoms with van der Waals surface area (Å²) in [5.74, 6) is -2.18. The van der Waals surface area contributed by atoms with Gasteiger partial charge in [-0.3, -0.25) is 9.59 Å². The van der Waals surface area contributed by atoms with E-state index in [4.69, 9.17) is 10.00 Å². The van der Waals surface area contributed by atoms with E-state index >= 15 is 0 Å². The number of nitriles is 1. The molecule has 3 aromatic carbocycles. The molecule has 8 nitrogen and oxygen atoms in total. The Morgan fingerprint density at radius 1 is 1.03 bits per heavy atom. The number of carboxylic acid groups (broad SMARTS) is 1. The minimum Gasteiger partial charge on any atom is -0.481 e. The van der Waals surface area contributed by atoms with E-state index in [0.717, 1.165) is 22.3 Å². The minimum absolute atomic E-state index is 0.0273. The smallest absolute Gasteiger partial charge is 0.407 e. The zero-order valence-electron chi connectivity index (χ0n) is 18.3. The number of nitrogens with zero attached hydrogens (tertiary/aromatic N) is 1. The van der Waals surface area contributed by atoms with Gasteiger partial charge in [-0.25, -0.2) is 4.79 Å². The van der Waals surface area contributed by atoms with Gasteiger partial charge in [0.1, 0.15) is 18.7 Å². The molecular formula is C26H20BrN3O5. The van der Waals surface area contributed by atoms with Crippen molar-refractivity contribution in [3.05, 3.63) is 87.9 Å². The molecular weight excluding hydrogens is 514 g/mol. The topological polar surface area (TPSA) is 129 Å². The van der Waals surface area contributed by atoms with E-state index in [-0.39, 0.29) is 12.5 Å². The summed E-state index contributed by atoms with van der Waals surface area (Å²) in [4.78, 5) is 36.6. The highest BCUT2D eigenvalue weighted by Gasteiger charge is 2.30. The van der Waals surface area contributed by atoms with Gasteiger partial charge in [0.15, 0.2) is 0 Å². The number of rotatable bonds is 7. The number of alkyl carbamates (subject to hydrolysis) is 1. The summed E-state index contributed by atoms with van der Waals surface area (Å²) in [6.07, 6.45) is -1.54. The van der Waals surface area contributed by atoms with Crippen molar-refractivity contribution in [2.24, 2.45) is 0 Å². The molecule has 0 spiro atoms. The fraction of sp³-hybridized carbons (Fsp3) is 0.154. The van der Waals surface area contributed by atoms with Crippen LogP contribution in [0.2, 0.25) is 0 Å². The van der Waals surface area contributed by atoms with E-state index in [9.17, 15) is 19.5 Å². The van der Waals surface area contributed by atoms with E-state index in [0.29, 0.717) is 15.7 Å². The Hall–Kier alpha value is -4.16. The second-order valence-corrected chi connectivity index (χ2v) is 8.77. The highest BCUT2D eigenvalue weighted by molar-refractivity contribution is 9.10. The molecule has 1 atom stereocenters. The lowest BCUT2D eigenvalue weighted by Crippen LogP contribution is -2.45. The Kier molecular flexibility index (Phi) is 7.13. The molecule has 35 heavy (non-hydrogen) atoms. The lowest BCUT2D eigenvalue weighted by Gasteiger charge is -2.19. The van der Waals surface area contributed by atoms with Crippen molar-refractivity contribution in [1.82, 2.24) is 5.32 Å². The maximum Gasteiger partial charge on any atom is 0.407 e. The van der Waals surface area contributed by atoms with Crippen molar-refractivity contribution in [2.45, 2.75) is 18.4 Å². The average Bonchev–Trinajstić information content (AvgIpc) is 3.17. The second kappa shape index (κ2) is 10.4. The molecule has 0 aromatic heterocycles. The van der Waals surface area contributed by atoms with Crippen molar-refractivity contribution >= 4 is 39.6 Å². The van der Waals surface area contributed by atoms with Crippen LogP contribution in [0.25, 0.3) is 11.1 Å². The third-order valence-electron chi connectivity index (χ3n) is 5.69. The first-order valence-corrected chi connectivity index (χ1v) is 11.5. The molecule has 0 saturated carbocycles. The maximum absolute atomic E-state index is 12.7. The van der Waals surface area contributed by atoms with Gasteiger partial charge >= 0.3 is 12.1 Å². The Morgan fingerprint density at radius 3 is 2.26 bits per heavy atom. The van der Waals surface area contributed by atoms with Crippen LogP contribution >= 0.6 is 15.9 Å². The third-order valence-corrected chi connectivity index (χ3v) is 6.38. The average molecular weight is 534 g/mol. The van der Waals surface area contributed by atoms with Crippen LogP contribution in [0.1, 0.15) is 29.0 Å². The van der Waals surface area contributed by atoms with E-state index in [1.165, 1.54) is 6.07 Å². The molecule has 0 saturated heterocycles. The number of carbonyl (C=O) groups excluding carboxylic acids is 2. The number of nitrogens with one attached hydrogen (secondary N) is 2. The maximum atomic E-state index is 12.7. The number of carbonyl (C=O) groups is 3. The Morgan fingerprint density at radius 2 is 1.66 bits per heavy atom. The lowest BCUT2D eigenvalue weighted by molar-refractivity contribution is -0.139. The molecule has 4 rings (SSSR count). The first-order valence-electron chi connectivity index (χ1n) is 10.7. The summed E-state index contributed by atoms with van der Waals surface area (Å²) < 4.78 is 5.98. The summed E-state index contributed by atoms with van der Waals surface area (Å²) >= 11 is 3.23. The van der Waals surface area contributed by atoms with Crippen LogP contribution in [0.4, 0.5) is 10.5 Å². The molecule has 0 radical (unpaired) electrons. The Labute approximate surface area is 209 Å². The van der Waals surface area contributed by atoms with E-state index in [2.05, 4.69) is 26.6 Å². The number of hydrogen-bond acceptors (Lipinski definition) is 5. The molecule has 0 heterocycles. The summed E-state index contributed by atoms with van der Waals surface area (Å²) in [6, 6.07) is 20.9. The van der Waals surface area contributed by atoms with Gasteiger partial charge in [0.2, 0.25) is 5.91 Å². The van der Waals surface area contributed by atoms with Gasteiger partial charge in [-0.05, 0) is 56.4 Å². The molecule has 0 bridgehead atoms. The third kappa shape index (κ3) is 5.34. The fourth-order valence-corrected chi connectivity index (χ4v) is 4.42. The number of fused-ring (bicyclic) bond motifs is 3. The van der Waals surface area contributed by atoms with E-state index < -0.39 is 30.4 Å². The summed E-state index contributed by atoms with van der Waals surface area (Å²) in [6.45, 7) is 0.0273. The molecule has 1 aliphatic rings. The van der Waals surface area contributed by atoms with Crippen LogP contribution in [-0.2, 0) is 14.3 Å². The van der Waals surface area contributed by atoms with Gasteiger partial charge in [-0.2, -0.15) is 5.26 Å². The van der Waals surface area contributed by atoms with Gasteiger partial charge in [-0.1, -0.05) is 48.5 Å². The highest BCUT2D eigenvalue weighted by atomic mass is 79.9. The number of ether oxygens (including phenoxy) is 1. The van der Waals surface area contributed by atoms with Gasteiger partial charge in [0.25, 0.3) is 0 Å². The normalized spacial score (nSPS) is 12.6. The number of hydrogen-bond donors (Lipinski definition) is 3. The number of aliphatic carboxylic acids is 1. The van der Waals surface area contributed by atoms with Crippen molar-refractivity contribution in [2.75, 3.05) is 11.9 Å². The molecule has 3 aromatic rings. The lowest BCUT2D eigenvalue weighted by atomic mass is 9.98. The molecule has 176 valence electrons. The molecule has 1 aliphatic carbocycles. The molecule has 9 heteroatoms.